The monoisotopic (exact) mass is 260 g/mol. The summed E-state index contributed by atoms with van der Waals surface area (Å²) in [7, 11) is -0.766. The molecule has 3 nitrogen and oxygen atoms in total. The fraction of sp³-hybridized carbons (Fsp3) is 0.727. The molecule has 92 valence electrons. The van der Waals surface area contributed by atoms with Gasteiger partial charge in [0.2, 0.25) is 0 Å². The normalized spacial score (nSPS) is 14.0. The highest BCUT2D eigenvalue weighted by Gasteiger charge is 2.18. The Kier molecular flexibility index (Phi) is 5.08. The molecule has 1 atom stereocenters. The van der Waals surface area contributed by atoms with Gasteiger partial charge in [-0.05, 0) is 27.7 Å². The summed E-state index contributed by atoms with van der Waals surface area (Å²) in [6, 6.07) is 0. The van der Waals surface area contributed by atoms with Gasteiger partial charge in [0.25, 0.3) is 0 Å². The fourth-order valence-corrected chi connectivity index (χ4v) is 2.86. The van der Waals surface area contributed by atoms with Crippen molar-refractivity contribution >= 4 is 22.1 Å². The largest absolute Gasteiger partial charge is 0.311 e. The minimum Gasteiger partial charge on any atom is -0.311 e. The molecule has 0 aromatic carbocycles. The van der Waals surface area contributed by atoms with E-state index in [9.17, 15) is 4.21 Å². The van der Waals surface area contributed by atoms with E-state index in [2.05, 4.69) is 10.3 Å². The maximum atomic E-state index is 11.8. The number of hydrogen-bond acceptors (Lipinski definition) is 4. The van der Waals surface area contributed by atoms with E-state index < -0.39 is 10.8 Å². The maximum absolute atomic E-state index is 11.8. The molecule has 0 aliphatic rings. The number of aromatic nitrogens is 1. The van der Waals surface area contributed by atoms with Gasteiger partial charge in [-0.25, -0.2) is 4.98 Å². The lowest BCUT2D eigenvalue weighted by Crippen LogP contribution is -2.29. The van der Waals surface area contributed by atoms with Gasteiger partial charge in [-0.3, -0.25) is 4.21 Å². The lowest BCUT2D eigenvalue weighted by atomic mass is 10.3. The topological polar surface area (TPSA) is 42.0 Å². The third kappa shape index (κ3) is 4.31. The standard InChI is InChI=1S/C11H20N2OS2/c1-9-10(15-8-13-9)7-12-5-6-16(14)11(2,3)4/h8,12H,5-7H2,1-4H3. The van der Waals surface area contributed by atoms with Crippen LogP contribution in [0.25, 0.3) is 0 Å². The SMILES string of the molecule is Cc1ncsc1CNCCS(=O)C(C)(C)C. The van der Waals surface area contributed by atoms with Gasteiger partial charge in [0.05, 0.1) is 11.2 Å². The molecule has 1 rings (SSSR count). The number of thiazole rings is 1. The van der Waals surface area contributed by atoms with Gasteiger partial charge in [-0.2, -0.15) is 0 Å². The van der Waals surface area contributed by atoms with Gasteiger partial charge in [-0.1, -0.05) is 0 Å². The van der Waals surface area contributed by atoms with Crippen LogP contribution in [-0.2, 0) is 17.3 Å². The molecule has 1 unspecified atom stereocenters. The van der Waals surface area contributed by atoms with Crippen LogP contribution >= 0.6 is 11.3 Å². The first kappa shape index (κ1) is 13.8. The van der Waals surface area contributed by atoms with E-state index in [0.29, 0.717) is 5.75 Å². The Morgan fingerprint density at radius 3 is 2.69 bits per heavy atom. The van der Waals surface area contributed by atoms with Gasteiger partial charge < -0.3 is 5.32 Å². The van der Waals surface area contributed by atoms with E-state index in [0.717, 1.165) is 18.8 Å². The summed E-state index contributed by atoms with van der Waals surface area (Å²) in [6.07, 6.45) is 0. The van der Waals surface area contributed by atoms with Crippen LogP contribution in [0.1, 0.15) is 31.3 Å². The van der Waals surface area contributed by atoms with E-state index in [1.807, 2.05) is 33.2 Å². The zero-order valence-corrected chi connectivity index (χ0v) is 12.0. The van der Waals surface area contributed by atoms with Crippen molar-refractivity contribution < 1.29 is 4.21 Å². The zero-order valence-electron chi connectivity index (χ0n) is 10.4. The average molecular weight is 260 g/mol. The van der Waals surface area contributed by atoms with Crippen LogP contribution < -0.4 is 5.32 Å². The first-order valence-electron chi connectivity index (χ1n) is 5.39. The molecule has 1 N–H and O–H groups in total. The summed E-state index contributed by atoms with van der Waals surface area (Å²) in [4.78, 5) is 5.45. The minimum atomic E-state index is -0.766. The van der Waals surface area contributed by atoms with Crippen molar-refractivity contribution in [3.63, 3.8) is 0 Å². The Morgan fingerprint density at radius 1 is 1.50 bits per heavy atom. The van der Waals surface area contributed by atoms with Crippen LogP contribution in [0.4, 0.5) is 0 Å². The molecule has 0 amide bonds. The average Bonchev–Trinajstić information content (AvgIpc) is 2.57. The Hall–Kier alpha value is -0.260. The lowest BCUT2D eigenvalue weighted by Gasteiger charge is -2.17. The van der Waals surface area contributed by atoms with E-state index in [1.165, 1.54) is 4.88 Å². The van der Waals surface area contributed by atoms with Crippen molar-refractivity contribution in [1.82, 2.24) is 10.3 Å². The van der Waals surface area contributed by atoms with E-state index in [4.69, 9.17) is 0 Å². The van der Waals surface area contributed by atoms with Crippen LogP contribution in [0, 0.1) is 6.92 Å². The van der Waals surface area contributed by atoms with Gasteiger partial charge in [0.1, 0.15) is 0 Å². The highest BCUT2D eigenvalue weighted by atomic mass is 32.2. The van der Waals surface area contributed by atoms with Gasteiger partial charge >= 0.3 is 0 Å². The van der Waals surface area contributed by atoms with Crippen molar-refractivity contribution in [3.05, 3.63) is 16.1 Å². The van der Waals surface area contributed by atoms with Crippen LogP contribution in [0.15, 0.2) is 5.51 Å². The van der Waals surface area contributed by atoms with Crippen LogP contribution in [0.2, 0.25) is 0 Å². The van der Waals surface area contributed by atoms with E-state index in [-0.39, 0.29) is 4.75 Å². The molecule has 0 aliphatic carbocycles. The van der Waals surface area contributed by atoms with E-state index >= 15 is 0 Å². The van der Waals surface area contributed by atoms with Crippen molar-refractivity contribution in [2.24, 2.45) is 0 Å². The molecule has 5 heteroatoms. The van der Waals surface area contributed by atoms with Crippen molar-refractivity contribution in [3.8, 4) is 0 Å². The molecule has 1 aromatic heterocycles. The third-order valence-electron chi connectivity index (χ3n) is 2.28. The predicted molar refractivity (Wildman–Crippen MR) is 71.3 cm³/mol. The summed E-state index contributed by atoms with van der Waals surface area (Å²) in [6.45, 7) is 9.67. The van der Waals surface area contributed by atoms with Gasteiger partial charge in [-0.15, -0.1) is 11.3 Å². The Morgan fingerprint density at radius 2 is 2.19 bits per heavy atom. The highest BCUT2D eigenvalue weighted by molar-refractivity contribution is 7.86. The molecular weight excluding hydrogens is 240 g/mol. The zero-order chi connectivity index (χ0) is 12.2. The summed E-state index contributed by atoms with van der Waals surface area (Å²) in [5, 5.41) is 3.31. The second-order valence-electron chi connectivity index (χ2n) is 4.70. The number of nitrogens with zero attached hydrogens (tertiary/aromatic N) is 1. The molecule has 0 saturated heterocycles. The first-order chi connectivity index (χ1) is 7.41. The number of rotatable bonds is 5. The molecular formula is C11H20N2OS2. The van der Waals surface area contributed by atoms with Gasteiger partial charge in [0.15, 0.2) is 0 Å². The minimum absolute atomic E-state index is 0.109. The fourth-order valence-electron chi connectivity index (χ4n) is 1.17. The summed E-state index contributed by atoms with van der Waals surface area (Å²) in [5.74, 6) is 0.710. The second kappa shape index (κ2) is 5.89. The molecule has 0 spiro atoms. The molecule has 16 heavy (non-hydrogen) atoms. The smallest absolute Gasteiger partial charge is 0.0798 e. The van der Waals surface area contributed by atoms with E-state index in [1.54, 1.807) is 11.3 Å². The van der Waals surface area contributed by atoms with Crippen molar-refractivity contribution in [2.75, 3.05) is 12.3 Å². The third-order valence-corrected chi connectivity index (χ3v) is 5.15. The van der Waals surface area contributed by atoms with Crippen LogP contribution in [0.5, 0.6) is 0 Å². The first-order valence-corrected chi connectivity index (χ1v) is 7.59. The summed E-state index contributed by atoms with van der Waals surface area (Å²) in [5.41, 5.74) is 2.95. The molecule has 1 aromatic rings. The Labute approximate surface area is 104 Å². The Balaban J connectivity index is 2.23. The lowest BCUT2D eigenvalue weighted by molar-refractivity contribution is 0.641. The molecule has 0 saturated carbocycles. The second-order valence-corrected chi connectivity index (χ2v) is 7.96. The summed E-state index contributed by atoms with van der Waals surface area (Å²) < 4.78 is 11.6. The van der Waals surface area contributed by atoms with Crippen molar-refractivity contribution in [2.45, 2.75) is 39.0 Å². The number of nitrogens with one attached hydrogen (secondary N) is 1. The quantitative estimate of drug-likeness (QED) is 0.824. The molecule has 1 heterocycles. The number of aryl methyl sites for hydroxylation is 1. The van der Waals surface area contributed by atoms with Crippen molar-refractivity contribution in [1.29, 1.82) is 0 Å². The molecule has 0 fully saturated rings. The van der Waals surface area contributed by atoms with Crippen LogP contribution in [0.3, 0.4) is 0 Å². The highest BCUT2D eigenvalue weighted by Crippen LogP contribution is 2.12. The Bertz CT molecular complexity index is 355. The molecule has 0 radical (unpaired) electrons. The van der Waals surface area contributed by atoms with Gasteiger partial charge in [0, 0.05) is 39.3 Å². The summed E-state index contributed by atoms with van der Waals surface area (Å²) >= 11 is 1.66. The maximum Gasteiger partial charge on any atom is 0.0798 e. The predicted octanol–water partition coefficient (Wildman–Crippen LogP) is 2.09. The number of hydrogen-bond donors (Lipinski definition) is 1. The molecule has 0 aliphatic heterocycles. The molecule has 0 bridgehead atoms. The van der Waals surface area contributed by atoms with Crippen LogP contribution in [-0.4, -0.2) is 26.2 Å².